The highest BCUT2D eigenvalue weighted by Crippen LogP contribution is 2.33. The van der Waals surface area contributed by atoms with E-state index in [2.05, 4.69) is 27.9 Å². The van der Waals surface area contributed by atoms with Gasteiger partial charge in [-0.15, -0.1) is 0 Å². The van der Waals surface area contributed by atoms with Gasteiger partial charge in [0.15, 0.2) is 0 Å². The van der Waals surface area contributed by atoms with Crippen LogP contribution in [0.2, 0.25) is 0 Å². The Labute approximate surface area is 99.8 Å². The zero-order chi connectivity index (χ0) is 10.8. The second kappa shape index (κ2) is 4.42. The van der Waals surface area contributed by atoms with E-state index in [0.29, 0.717) is 0 Å². The van der Waals surface area contributed by atoms with Gasteiger partial charge in [0.25, 0.3) is 0 Å². The minimum absolute atomic E-state index is 1.04. The van der Waals surface area contributed by atoms with E-state index in [9.17, 15) is 0 Å². The van der Waals surface area contributed by atoms with Gasteiger partial charge >= 0.3 is 0 Å². The fourth-order valence-electron chi connectivity index (χ4n) is 2.02. The fraction of sp³-hybridized carbons (Fsp3) is 0.462. The summed E-state index contributed by atoms with van der Waals surface area (Å²) in [7, 11) is 0. The number of rotatable bonds is 5. The van der Waals surface area contributed by atoms with E-state index in [1.165, 1.54) is 36.1 Å². The molecule has 0 spiro atoms. The lowest BCUT2D eigenvalue weighted by Gasteiger charge is -2.02. The van der Waals surface area contributed by atoms with Crippen molar-refractivity contribution in [1.82, 2.24) is 4.37 Å². The maximum atomic E-state index is 4.42. The van der Waals surface area contributed by atoms with Crippen LogP contribution in [0.1, 0.15) is 25.7 Å². The summed E-state index contributed by atoms with van der Waals surface area (Å²) in [5.74, 6) is 1.04. The minimum Gasteiger partial charge on any atom is -0.375 e. The topological polar surface area (TPSA) is 24.9 Å². The number of anilines is 1. The summed E-state index contributed by atoms with van der Waals surface area (Å²) in [6, 6.07) is 8.33. The Morgan fingerprint density at radius 1 is 1.31 bits per heavy atom. The zero-order valence-corrected chi connectivity index (χ0v) is 10.1. The van der Waals surface area contributed by atoms with Crippen molar-refractivity contribution < 1.29 is 0 Å². The van der Waals surface area contributed by atoms with Crippen molar-refractivity contribution in [3.8, 4) is 0 Å². The van der Waals surface area contributed by atoms with Crippen LogP contribution < -0.4 is 5.32 Å². The molecule has 0 radical (unpaired) electrons. The third-order valence-corrected chi connectivity index (χ3v) is 3.99. The lowest BCUT2D eigenvalue weighted by Crippen LogP contribution is -2.00. The molecule has 0 unspecified atom stereocenters. The van der Waals surface area contributed by atoms with E-state index in [1.54, 1.807) is 11.5 Å². The lowest BCUT2D eigenvalue weighted by molar-refractivity contribution is 0.688. The van der Waals surface area contributed by atoms with Crippen LogP contribution in [0.25, 0.3) is 10.9 Å². The molecular formula is C13H16N2S. The molecule has 1 aromatic carbocycles. The molecule has 0 saturated heterocycles. The Morgan fingerprint density at radius 3 is 3.06 bits per heavy atom. The highest BCUT2D eigenvalue weighted by atomic mass is 32.1. The van der Waals surface area contributed by atoms with Gasteiger partial charge in [0.2, 0.25) is 0 Å². The SMILES string of the molecule is c1ccc2c(NCCCC3CC3)snc2c1. The van der Waals surface area contributed by atoms with Crippen molar-refractivity contribution in [3.63, 3.8) is 0 Å². The van der Waals surface area contributed by atoms with Crippen molar-refractivity contribution >= 4 is 27.4 Å². The summed E-state index contributed by atoms with van der Waals surface area (Å²) in [6.07, 6.45) is 5.60. The van der Waals surface area contributed by atoms with Crippen LogP contribution in [-0.2, 0) is 0 Å². The second-order valence-corrected chi connectivity index (χ2v) is 5.31. The number of hydrogen-bond donors (Lipinski definition) is 1. The van der Waals surface area contributed by atoms with Crippen LogP contribution in [-0.4, -0.2) is 10.9 Å². The van der Waals surface area contributed by atoms with Gasteiger partial charge in [-0.2, -0.15) is 4.37 Å². The molecule has 1 aromatic heterocycles. The van der Waals surface area contributed by atoms with Gasteiger partial charge in [-0.1, -0.05) is 25.0 Å². The van der Waals surface area contributed by atoms with E-state index in [0.717, 1.165) is 18.0 Å². The molecule has 2 aromatic rings. The standard InChI is InChI=1S/C13H16N2S/c1-2-6-12-11(5-1)13(16-15-12)14-9-3-4-10-7-8-10/h1-2,5-6,10,14H,3-4,7-9H2. The molecule has 16 heavy (non-hydrogen) atoms. The van der Waals surface area contributed by atoms with Gasteiger partial charge < -0.3 is 5.32 Å². The molecule has 84 valence electrons. The van der Waals surface area contributed by atoms with Crippen molar-refractivity contribution in [2.45, 2.75) is 25.7 Å². The lowest BCUT2D eigenvalue weighted by atomic mass is 10.2. The Balaban J connectivity index is 1.60. The van der Waals surface area contributed by atoms with Crippen LogP contribution in [0.5, 0.6) is 0 Å². The normalized spacial score (nSPS) is 15.5. The molecule has 1 aliphatic rings. The summed E-state index contributed by atoms with van der Waals surface area (Å²) in [5.41, 5.74) is 1.11. The van der Waals surface area contributed by atoms with Gasteiger partial charge in [-0.25, -0.2) is 0 Å². The molecule has 1 heterocycles. The largest absolute Gasteiger partial charge is 0.375 e. The molecule has 0 bridgehead atoms. The van der Waals surface area contributed by atoms with E-state index in [-0.39, 0.29) is 0 Å². The van der Waals surface area contributed by atoms with E-state index < -0.39 is 0 Å². The van der Waals surface area contributed by atoms with E-state index >= 15 is 0 Å². The first-order valence-corrected chi connectivity index (χ1v) is 6.79. The maximum absolute atomic E-state index is 4.42. The summed E-state index contributed by atoms with van der Waals surface area (Å²) in [4.78, 5) is 0. The number of nitrogens with zero attached hydrogens (tertiary/aromatic N) is 1. The number of nitrogens with one attached hydrogen (secondary N) is 1. The molecule has 1 saturated carbocycles. The Morgan fingerprint density at radius 2 is 2.19 bits per heavy atom. The number of benzene rings is 1. The summed E-state index contributed by atoms with van der Waals surface area (Å²) >= 11 is 1.58. The van der Waals surface area contributed by atoms with Crippen LogP contribution in [0.4, 0.5) is 5.00 Å². The highest BCUT2D eigenvalue weighted by molar-refractivity contribution is 7.11. The molecule has 3 rings (SSSR count). The zero-order valence-electron chi connectivity index (χ0n) is 9.28. The predicted octanol–water partition coefficient (Wildman–Crippen LogP) is 3.90. The number of hydrogen-bond acceptors (Lipinski definition) is 3. The second-order valence-electron chi connectivity index (χ2n) is 4.54. The van der Waals surface area contributed by atoms with Gasteiger partial charge in [-0.05, 0) is 42.4 Å². The monoisotopic (exact) mass is 232 g/mol. The molecule has 1 N–H and O–H groups in total. The average molecular weight is 232 g/mol. The number of fused-ring (bicyclic) bond motifs is 1. The molecule has 3 heteroatoms. The molecule has 1 aliphatic carbocycles. The molecular weight excluding hydrogens is 216 g/mol. The van der Waals surface area contributed by atoms with Gasteiger partial charge in [0.05, 0.1) is 5.52 Å². The average Bonchev–Trinajstić information content (AvgIpc) is 3.05. The van der Waals surface area contributed by atoms with Gasteiger partial charge in [-0.3, -0.25) is 0 Å². The van der Waals surface area contributed by atoms with Crippen molar-refractivity contribution in [2.75, 3.05) is 11.9 Å². The summed E-state index contributed by atoms with van der Waals surface area (Å²) < 4.78 is 4.42. The summed E-state index contributed by atoms with van der Waals surface area (Å²) in [5, 5.41) is 6.00. The van der Waals surface area contributed by atoms with Crippen LogP contribution in [0, 0.1) is 5.92 Å². The minimum atomic E-state index is 1.04. The van der Waals surface area contributed by atoms with Gasteiger partial charge in [0.1, 0.15) is 5.00 Å². The first-order valence-electron chi connectivity index (χ1n) is 6.02. The maximum Gasteiger partial charge on any atom is 0.117 e. The van der Waals surface area contributed by atoms with Crippen LogP contribution in [0.3, 0.4) is 0 Å². The predicted molar refractivity (Wildman–Crippen MR) is 70.1 cm³/mol. The molecule has 0 amide bonds. The molecule has 2 nitrogen and oxygen atoms in total. The molecule has 0 atom stereocenters. The fourth-order valence-corrected chi connectivity index (χ4v) is 2.80. The first kappa shape index (κ1) is 10.1. The Bertz CT molecular complexity index is 473. The highest BCUT2D eigenvalue weighted by Gasteiger charge is 2.19. The molecule has 0 aliphatic heterocycles. The number of aromatic nitrogens is 1. The van der Waals surface area contributed by atoms with E-state index in [1.807, 2.05) is 6.07 Å². The van der Waals surface area contributed by atoms with E-state index in [4.69, 9.17) is 0 Å². The first-order chi connectivity index (χ1) is 7.93. The summed E-state index contributed by atoms with van der Waals surface area (Å²) in [6.45, 7) is 1.09. The quantitative estimate of drug-likeness (QED) is 0.791. The van der Waals surface area contributed by atoms with Gasteiger partial charge in [0, 0.05) is 11.9 Å². The third kappa shape index (κ3) is 2.19. The Kier molecular flexibility index (Phi) is 2.79. The Hall–Kier alpha value is -1.09. The molecule has 1 fully saturated rings. The van der Waals surface area contributed by atoms with Crippen LogP contribution >= 0.6 is 11.5 Å². The van der Waals surface area contributed by atoms with Crippen LogP contribution in [0.15, 0.2) is 24.3 Å². The van der Waals surface area contributed by atoms with Crippen molar-refractivity contribution in [2.24, 2.45) is 5.92 Å². The third-order valence-electron chi connectivity index (χ3n) is 3.16. The van der Waals surface area contributed by atoms with Crippen molar-refractivity contribution in [1.29, 1.82) is 0 Å². The smallest absolute Gasteiger partial charge is 0.117 e. The van der Waals surface area contributed by atoms with Crippen molar-refractivity contribution in [3.05, 3.63) is 24.3 Å².